The van der Waals surface area contributed by atoms with E-state index in [0.29, 0.717) is 12.6 Å². The summed E-state index contributed by atoms with van der Waals surface area (Å²) in [5.74, 6) is 0.928. The predicted octanol–water partition coefficient (Wildman–Crippen LogP) is 3.62. The van der Waals surface area contributed by atoms with Gasteiger partial charge in [-0.3, -0.25) is 0 Å². The lowest BCUT2D eigenvalue weighted by Gasteiger charge is -2.14. The van der Waals surface area contributed by atoms with Crippen molar-refractivity contribution in [1.82, 2.24) is 10.3 Å². The van der Waals surface area contributed by atoms with Crippen molar-refractivity contribution < 1.29 is 4.74 Å². The van der Waals surface area contributed by atoms with Crippen LogP contribution in [0.25, 0.3) is 0 Å². The summed E-state index contributed by atoms with van der Waals surface area (Å²) in [5.41, 5.74) is 3.43. The van der Waals surface area contributed by atoms with Crippen molar-refractivity contribution >= 4 is 11.3 Å². The fourth-order valence-electron chi connectivity index (χ4n) is 1.90. The summed E-state index contributed by atoms with van der Waals surface area (Å²) in [6.07, 6.45) is 0. The van der Waals surface area contributed by atoms with Crippen LogP contribution >= 0.6 is 11.3 Å². The SMILES string of the molecule is CNC(C)c1ccc(OCc2csc(C)n2)c(C)c1. The highest BCUT2D eigenvalue weighted by Crippen LogP contribution is 2.23. The summed E-state index contributed by atoms with van der Waals surface area (Å²) in [7, 11) is 1.97. The third kappa shape index (κ3) is 3.55. The summed E-state index contributed by atoms with van der Waals surface area (Å²) in [6.45, 7) is 6.76. The molecule has 3 nitrogen and oxygen atoms in total. The quantitative estimate of drug-likeness (QED) is 0.905. The van der Waals surface area contributed by atoms with Crippen molar-refractivity contribution in [3.05, 3.63) is 45.4 Å². The van der Waals surface area contributed by atoms with Gasteiger partial charge in [-0.25, -0.2) is 4.98 Å². The first kappa shape index (κ1) is 14.0. The van der Waals surface area contributed by atoms with Crippen LogP contribution in [0.4, 0.5) is 0 Å². The Hall–Kier alpha value is -1.39. The molecule has 1 aromatic carbocycles. The Bertz CT molecular complexity index is 551. The van der Waals surface area contributed by atoms with Crippen LogP contribution in [0.3, 0.4) is 0 Å². The second kappa shape index (κ2) is 6.17. The van der Waals surface area contributed by atoms with Gasteiger partial charge in [0.25, 0.3) is 0 Å². The molecule has 0 spiro atoms. The number of thiazole rings is 1. The first-order chi connectivity index (χ1) is 9.10. The maximum Gasteiger partial charge on any atom is 0.131 e. The summed E-state index contributed by atoms with van der Waals surface area (Å²) in [6, 6.07) is 6.67. The van der Waals surface area contributed by atoms with E-state index < -0.39 is 0 Å². The van der Waals surface area contributed by atoms with Gasteiger partial charge in [-0.2, -0.15) is 0 Å². The maximum atomic E-state index is 5.83. The van der Waals surface area contributed by atoms with E-state index in [2.05, 4.69) is 36.3 Å². The van der Waals surface area contributed by atoms with Crippen LogP contribution in [0.5, 0.6) is 5.75 Å². The summed E-state index contributed by atoms with van der Waals surface area (Å²) < 4.78 is 5.83. The average Bonchev–Trinajstić information content (AvgIpc) is 2.82. The zero-order chi connectivity index (χ0) is 13.8. The first-order valence-electron chi connectivity index (χ1n) is 6.41. The minimum atomic E-state index is 0.356. The molecule has 2 rings (SSSR count). The van der Waals surface area contributed by atoms with Gasteiger partial charge in [-0.15, -0.1) is 11.3 Å². The normalized spacial score (nSPS) is 12.4. The number of nitrogens with one attached hydrogen (secondary N) is 1. The predicted molar refractivity (Wildman–Crippen MR) is 79.8 cm³/mol. The van der Waals surface area contributed by atoms with E-state index in [1.165, 1.54) is 5.56 Å². The first-order valence-corrected chi connectivity index (χ1v) is 7.29. The van der Waals surface area contributed by atoms with E-state index in [0.717, 1.165) is 22.0 Å². The molecule has 1 N–H and O–H groups in total. The molecule has 1 aromatic heterocycles. The van der Waals surface area contributed by atoms with Crippen LogP contribution in [0.2, 0.25) is 0 Å². The molecule has 1 heterocycles. The Balaban J connectivity index is 2.05. The zero-order valence-electron chi connectivity index (χ0n) is 11.9. The average molecular weight is 276 g/mol. The van der Waals surface area contributed by atoms with Gasteiger partial charge in [0.1, 0.15) is 12.4 Å². The lowest BCUT2D eigenvalue weighted by atomic mass is 10.1. The van der Waals surface area contributed by atoms with E-state index in [4.69, 9.17) is 4.74 Å². The molecule has 0 aliphatic rings. The summed E-state index contributed by atoms with van der Waals surface area (Å²) in [4.78, 5) is 4.40. The lowest BCUT2D eigenvalue weighted by molar-refractivity contribution is 0.299. The van der Waals surface area contributed by atoms with E-state index in [9.17, 15) is 0 Å². The molecule has 0 fully saturated rings. The van der Waals surface area contributed by atoms with Gasteiger partial charge in [0.05, 0.1) is 10.7 Å². The highest BCUT2D eigenvalue weighted by Gasteiger charge is 2.07. The molecule has 0 amide bonds. The second-order valence-corrected chi connectivity index (χ2v) is 5.74. The largest absolute Gasteiger partial charge is 0.487 e. The summed E-state index contributed by atoms with van der Waals surface area (Å²) >= 11 is 1.65. The molecule has 0 radical (unpaired) electrons. The van der Waals surface area contributed by atoms with Crippen LogP contribution in [-0.2, 0) is 6.61 Å². The van der Waals surface area contributed by atoms with Gasteiger partial charge in [0, 0.05) is 11.4 Å². The monoisotopic (exact) mass is 276 g/mol. The highest BCUT2D eigenvalue weighted by atomic mass is 32.1. The number of benzene rings is 1. The van der Waals surface area contributed by atoms with E-state index in [-0.39, 0.29) is 0 Å². The third-order valence-corrected chi connectivity index (χ3v) is 4.00. The van der Waals surface area contributed by atoms with Gasteiger partial charge in [-0.05, 0) is 45.0 Å². The molecule has 1 unspecified atom stereocenters. The Morgan fingerprint density at radius 3 is 2.74 bits per heavy atom. The maximum absolute atomic E-state index is 5.83. The number of aryl methyl sites for hydroxylation is 2. The van der Waals surface area contributed by atoms with E-state index >= 15 is 0 Å². The van der Waals surface area contributed by atoms with Crippen LogP contribution in [0, 0.1) is 13.8 Å². The molecular formula is C15H20N2OS. The van der Waals surface area contributed by atoms with Gasteiger partial charge in [-0.1, -0.05) is 12.1 Å². The van der Waals surface area contributed by atoms with Gasteiger partial charge >= 0.3 is 0 Å². The molecule has 0 bridgehead atoms. The number of rotatable bonds is 5. The molecule has 1 atom stereocenters. The minimum absolute atomic E-state index is 0.356. The van der Waals surface area contributed by atoms with Crippen molar-refractivity contribution in [2.45, 2.75) is 33.4 Å². The van der Waals surface area contributed by atoms with Gasteiger partial charge in [0.15, 0.2) is 0 Å². The highest BCUT2D eigenvalue weighted by molar-refractivity contribution is 7.09. The van der Waals surface area contributed by atoms with Crippen molar-refractivity contribution in [2.75, 3.05) is 7.05 Å². The van der Waals surface area contributed by atoms with E-state index in [1.54, 1.807) is 11.3 Å². The van der Waals surface area contributed by atoms with Crippen LogP contribution < -0.4 is 10.1 Å². The molecule has 0 saturated carbocycles. The van der Waals surface area contributed by atoms with Gasteiger partial charge in [0.2, 0.25) is 0 Å². The van der Waals surface area contributed by atoms with Crippen LogP contribution in [-0.4, -0.2) is 12.0 Å². The Kier molecular flexibility index (Phi) is 4.56. The second-order valence-electron chi connectivity index (χ2n) is 4.68. The fourth-order valence-corrected chi connectivity index (χ4v) is 2.49. The van der Waals surface area contributed by atoms with Crippen molar-refractivity contribution in [3.8, 4) is 5.75 Å². The Labute approximate surface area is 118 Å². The molecule has 0 saturated heterocycles. The number of aromatic nitrogens is 1. The van der Waals surface area contributed by atoms with Crippen LogP contribution in [0.1, 0.15) is 34.8 Å². The molecule has 0 aliphatic heterocycles. The van der Waals surface area contributed by atoms with Crippen molar-refractivity contribution in [3.63, 3.8) is 0 Å². The Morgan fingerprint density at radius 1 is 1.37 bits per heavy atom. The molecule has 2 aromatic rings. The number of ether oxygens (including phenoxy) is 1. The zero-order valence-corrected chi connectivity index (χ0v) is 12.7. The topological polar surface area (TPSA) is 34.1 Å². The van der Waals surface area contributed by atoms with Gasteiger partial charge < -0.3 is 10.1 Å². The van der Waals surface area contributed by atoms with Crippen molar-refractivity contribution in [2.24, 2.45) is 0 Å². The molecule has 19 heavy (non-hydrogen) atoms. The lowest BCUT2D eigenvalue weighted by Crippen LogP contribution is -2.12. The standard InChI is InChI=1S/C15H20N2OS/c1-10-7-13(11(2)16-4)5-6-15(10)18-8-14-9-19-12(3)17-14/h5-7,9,11,16H,8H2,1-4H3. The van der Waals surface area contributed by atoms with Crippen molar-refractivity contribution in [1.29, 1.82) is 0 Å². The molecule has 0 aliphatic carbocycles. The molecule has 102 valence electrons. The molecular weight excluding hydrogens is 256 g/mol. The summed E-state index contributed by atoms with van der Waals surface area (Å²) in [5, 5.41) is 6.36. The third-order valence-electron chi connectivity index (χ3n) is 3.17. The number of hydrogen-bond acceptors (Lipinski definition) is 4. The van der Waals surface area contributed by atoms with Crippen LogP contribution in [0.15, 0.2) is 23.6 Å². The minimum Gasteiger partial charge on any atom is -0.487 e. The number of nitrogens with zero attached hydrogens (tertiary/aromatic N) is 1. The van der Waals surface area contributed by atoms with E-state index in [1.807, 2.05) is 25.4 Å². The smallest absolute Gasteiger partial charge is 0.131 e. The number of hydrogen-bond donors (Lipinski definition) is 1. The fraction of sp³-hybridized carbons (Fsp3) is 0.400. The Morgan fingerprint density at radius 2 is 2.16 bits per heavy atom. The molecule has 4 heteroatoms.